The van der Waals surface area contributed by atoms with E-state index in [1.54, 1.807) is 18.2 Å². The molecule has 0 bridgehead atoms. The van der Waals surface area contributed by atoms with Crippen LogP contribution in [0.3, 0.4) is 0 Å². The smallest absolute Gasteiger partial charge is 0.255 e. The van der Waals surface area contributed by atoms with E-state index in [2.05, 4.69) is 29.1 Å². The number of aromatic hydroxyl groups is 1. The minimum Gasteiger partial charge on any atom is -0.507 e. The van der Waals surface area contributed by atoms with Gasteiger partial charge in [-0.05, 0) is 25.1 Å². The third kappa shape index (κ3) is 4.72. The lowest BCUT2D eigenvalue weighted by Crippen LogP contribution is -2.46. The summed E-state index contributed by atoms with van der Waals surface area (Å²) in [7, 11) is 2.15. The fourth-order valence-electron chi connectivity index (χ4n) is 2.56. The molecule has 0 aromatic heterocycles. The van der Waals surface area contributed by atoms with E-state index in [0.717, 1.165) is 32.7 Å². The molecule has 1 atom stereocenters. The third-order valence-electron chi connectivity index (χ3n) is 3.93. The summed E-state index contributed by atoms with van der Waals surface area (Å²) in [5.74, 6) is 0.211. The molecule has 1 aliphatic rings. The van der Waals surface area contributed by atoms with Gasteiger partial charge >= 0.3 is 0 Å². The van der Waals surface area contributed by atoms with E-state index >= 15 is 0 Å². The second-order valence-electron chi connectivity index (χ2n) is 5.94. The van der Waals surface area contributed by atoms with Crippen molar-refractivity contribution in [2.75, 3.05) is 46.3 Å². The van der Waals surface area contributed by atoms with E-state index in [0.29, 0.717) is 18.0 Å². The second-order valence-corrected chi connectivity index (χ2v) is 5.94. The molecule has 5 nitrogen and oxygen atoms in total. The molecule has 0 spiro atoms. The van der Waals surface area contributed by atoms with Crippen molar-refractivity contribution in [3.8, 4) is 5.75 Å². The Balaban J connectivity index is 1.75. The van der Waals surface area contributed by atoms with Crippen LogP contribution in [0.15, 0.2) is 24.3 Å². The average molecular weight is 291 g/mol. The van der Waals surface area contributed by atoms with E-state index in [9.17, 15) is 9.90 Å². The lowest BCUT2D eigenvalue weighted by Gasteiger charge is -2.33. The van der Waals surface area contributed by atoms with Crippen LogP contribution in [0.1, 0.15) is 17.3 Å². The van der Waals surface area contributed by atoms with Crippen LogP contribution in [0.4, 0.5) is 0 Å². The topological polar surface area (TPSA) is 55.8 Å². The van der Waals surface area contributed by atoms with Crippen LogP contribution in [0.25, 0.3) is 0 Å². The van der Waals surface area contributed by atoms with Gasteiger partial charge in [0.2, 0.25) is 0 Å². The zero-order chi connectivity index (χ0) is 15.2. The monoisotopic (exact) mass is 291 g/mol. The molecular formula is C16H25N3O2. The number of para-hydroxylation sites is 1. The van der Waals surface area contributed by atoms with Gasteiger partial charge in [-0.3, -0.25) is 4.79 Å². The van der Waals surface area contributed by atoms with Crippen molar-refractivity contribution >= 4 is 5.91 Å². The number of carbonyl (C=O) groups is 1. The predicted molar refractivity (Wildman–Crippen MR) is 83.5 cm³/mol. The van der Waals surface area contributed by atoms with Crippen LogP contribution in [-0.4, -0.2) is 67.1 Å². The number of likely N-dealkylation sites (N-methyl/N-ethyl adjacent to an activating group) is 1. The van der Waals surface area contributed by atoms with Gasteiger partial charge in [-0.2, -0.15) is 0 Å². The number of hydrogen-bond donors (Lipinski definition) is 2. The van der Waals surface area contributed by atoms with Gasteiger partial charge in [0, 0.05) is 39.3 Å². The number of nitrogens with one attached hydrogen (secondary N) is 1. The van der Waals surface area contributed by atoms with E-state index < -0.39 is 0 Å². The Kier molecular flexibility index (Phi) is 5.59. The van der Waals surface area contributed by atoms with Crippen LogP contribution in [0.2, 0.25) is 0 Å². The van der Waals surface area contributed by atoms with Gasteiger partial charge in [-0.25, -0.2) is 0 Å². The molecule has 2 rings (SSSR count). The molecule has 2 N–H and O–H groups in total. The minimum absolute atomic E-state index is 0.0294. The summed E-state index contributed by atoms with van der Waals surface area (Å²) in [5, 5.41) is 12.6. The van der Waals surface area contributed by atoms with Crippen molar-refractivity contribution in [3.63, 3.8) is 0 Å². The highest BCUT2D eigenvalue weighted by atomic mass is 16.3. The highest BCUT2D eigenvalue weighted by Crippen LogP contribution is 2.15. The highest BCUT2D eigenvalue weighted by Gasteiger charge is 2.17. The summed E-state index contributed by atoms with van der Waals surface area (Å²) in [6.07, 6.45) is 0. The van der Waals surface area contributed by atoms with Crippen molar-refractivity contribution in [1.82, 2.24) is 15.1 Å². The lowest BCUT2D eigenvalue weighted by atomic mass is 10.1. The van der Waals surface area contributed by atoms with Gasteiger partial charge in [0.05, 0.1) is 5.56 Å². The van der Waals surface area contributed by atoms with Crippen molar-refractivity contribution in [3.05, 3.63) is 29.8 Å². The average Bonchev–Trinajstić information content (AvgIpc) is 2.48. The summed E-state index contributed by atoms with van der Waals surface area (Å²) in [6.45, 7) is 8.16. The quantitative estimate of drug-likeness (QED) is 0.850. The van der Waals surface area contributed by atoms with Crippen LogP contribution in [0, 0.1) is 5.92 Å². The standard InChI is InChI=1S/C16H25N3O2/c1-13(12-19-9-7-18(2)8-10-19)11-17-16(21)14-5-3-4-6-15(14)20/h3-6,13,20H,7-12H2,1-2H3,(H,17,21)/t13-/m0/s1. The van der Waals surface area contributed by atoms with E-state index in [4.69, 9.17) is 0 Å². The number of amides is 1. The molecule has 0 saturated carbocycles. The Bertz CT molecular complexity index is 470. The molecule has 0 aliphatic carbocycles. The Labute approximate surface area is 126 Å². The van der Waals surface area contributed by atoms with Crippen molar-refractivity contribution in [2.45, 2.75) is 6.92 Å². The maximum Gasteiger partial charge on any atom is 0.255 e. The number of phenolic OH excluding ortho intramolecular Hbond substituents is 1. The third-order valence-corrected chi connectivity index (χ3v) is 3.93. The van der Waals surface area contributed by atoms with Gasteiger partial charge in [0.1, 0.15) is 5.75 Å². The molecule has 0 unspecified atom stereocenters. The first kappa shape index (κ1) is 15.8. The number of nitrogens with zero attached hydrogens (tertiary/aromatic N) is 2. The normalized spacial score (nSPS) is 18.4. The van der Waals surface area contributed by atoms with Crippen LogP contribution in [0.5, 0.6) is 5.75 Å². The van der Waals surface area contributed by atoms with Crippen molar-refractivity contribution in [1.29, 1.82) is 0 Å². The number of carbonyl (C=O) groups excluding carboxylic acids is 1. The molecule has 1 aliphatic heterocycles. The fraction of sp³-hybridized carbons (Fsp3) is 0.562. The molecule has 1 fully saturated rings. The van der Waals surface area contributed by atoms with Crippen molar-refractivity contribution < 1.29 is 9.90 Å². The minimum atomic E-state index is -0.210. The summed E-state index contributed by atoms with van der Waals surface area (Å²) in [6, 6.07) is 6.63. The van der Waals surface area contributed by atoms with Gasteiger partial charge in [0.25, 0.3) is 5.91 Å². The summed E-state index contributed by atoms with van der Waals surface area (Å²) >= 11 is 0. The first-order valence-electron chi connectivity index (χ1n) is 7.53. The first-order valence-corrected chi connectivity index (χ1v) is 7.53. The Morgan fingerprint density at radius 2 is 1.95 bits per heavy atom. The molecular weight excluding hydrogens is 266 g/mol. The molecule has 1 aromatic carbocycles. The number of rotatable bonds is 5. The SMILES string of the molecule is C[C@@H](CNC(=O)c1ccccc1O)CN1CCN(C)CC1. The number of phenols is 1. The van der Waals surface area contributed by atoms with Gasteiger partial charge in [0.15, 0.2) is 0 Å². The number of piperazine rings is 1. The molecule has 1 amide bonds. The van der Waals surface area contributed by atoms with E-state index in [1.807, 2.05) is 0 Å². The molecule has 21 heavy (non-hydrogen) atoms. The van der Waals surface area contributed by atoms with Crippen LogP contribution in [-0.2, 0) is 0 Å². The molecule has 1 aromatic rings. The highest BCUT2D eigenvalue weighted by molar-refractivity contribution is 5.96. The predicted octanol–water partition coefficient (Wildman–Crippen LogP) is 1.01. The van der Waals surface area contributed by atoms with Crippen LogP contribution >= 0.6 is 0 Å². The first-order chi connectivity index (χ1) is 10.1. The van der Waals surface area contributed by atoms with Gasteiger partial charge in [-0.15, -0.1) is 0 Å². The van der Waals surface area contributed by atoms with E-state index in [-0.39, 0.29) is 11.7 Å². The Morgan fingerprint density at radius 3 is 2.62 bits per heavy atom. The molecule has 1 saturated heterocycles. The van der Waals surface area contributed by atoms with E-state index in [1.165, 1.54) is 6.07 Å². The second kappa shape index (κ2) is 7.43. The largest absolute Gasteiger partial charge is 0.507 e. The maximum atomic E-state index is 12.0. The van der Waals surface area contributed by atoms with Gasteiger partial charge < -0.3 is 20.2 Å². The summed E-state index contributed by atoms with van der Waals surface area (Å²) in [5.41, 5.74) is 0.337. The van der Waals surface area contributed by atoms with Crippen LogP contribution < -0.4 is 5.32 Å². The summed E-state index contributed by atoms with van der Waals surface area (Å²) in [4.78, 5) is 16.8. The maximum absolute atomic E-state index is 12.0. The molecule has 1 heterocycles. The molecule has 5 heteroatoms. The molecule has 0 radical (unpaired) electrons. The fourth-order valence-corrected chi connectivity index (χ4v) is 2.56. The number of hydrogen-bond acceptors (Lipinski definition) is 4. The summed E-state index contributed by atoms with van der Waals surface area (Å²) < 4.78 is 0. The Hall–Kier alpha value is -1.59. The number of benzene rings is 1. The zero-order valence-corrected chi connectivity index (χ0v) is 12.9. The lowest BCUT2D eigenvalue weighted by molar-refractivity contribution is 0.0935. The van der Waals surface area contributed by atoms with Crippen molar-refractivity contribution in [2.24, 2.45) is 5.92 Å². The molecule has 116 valence electrons. The zero-order valence-electron chi connectivity index (χ0n) is 12.9. The Morgan fingerprint density at radius 1 is 1.29 bits per heavy atom. The van der Waals surface area contributed by atoms with Gasteiger partial charge in [-0.1, -0.05) is 19.1 Å².